The molecule has 1 unspecified atom stereocenters. The van der Waals surface area contributed by atoms with Crippen LogP contribution < -0.4 is 0 Å². The van der Waals surface area contributed by atoms with Crippen LogP contribution in [0.1, 0.15) is 12.8 Å². The van der Waals surface area contributed by atoms with Crippen LogP contribution in [0.5, 0.6) is 0 Å². The zero-order chi connectivity index (χ0) is 9.68. The number of hydrogen-bond donors (Lipinski definition) is 1. The second-order valence-corrected chi connectivity index (χ2v) is 2.97. The normalized spacial score (nSPS) is 23.6. The van der Waals surface area contributed by atoms with Crippen molar-refractivity contribution in [2.24, 2.45) is 5.92 Å². The van der Waals surface area contributed by atoms with Crippen LogP contribution in [0.25, 0.3) is 0 Å². The van der Waals surface area contributed by atoms with Crippen LogP contribution in [-0.2, 0) is 9.53 Å². The van der Waals surface area contributed by atoms with Gasteiger partial charge in [0.2, 0.25) is 0 Å². The number of nitrogens with zero attached hydrogens (tertiary/aromatic N) is 1. The number of aliphatic carboxylic acids is 1. The molecule has 0 aromatic rings. The highest BCUT2D eigenvalue weighted by molar-refractivity contribution is 5.90. The molecule has 0 aliphatic carbocycles. The summed E-state index contributed by atoms with van der Waals surface area (Å²) < 4.78 is 5.16. The van der Waals surface area contributed by atoms with Gasteiger partial charge in [-0.25, -0.2) is 4.79 Å². The number of ether oxygens (including phenoxy) is 1. The van der Waals surface area contributed by atoms with Gasteiger partial charge in [-0.2, -0.15) is 5.26 Å². The van der Waals surface area contributed by atoms with Gasteiger partial charge in [0.15, 0.2) is 0 Å². The monoisotopic (exact) mass is 181 g/mol. The van der Waals surface area contributed by atoms with Crippen LogP contribution in [-0.4, -0.2) is 24.3 Å². The average Bonchev–Trinajstić information content (AvgIpc) is 2.15. The van der Waals surface area contributed by atoms with Crippen molar-refractivity contribution < 1.29 is 14.6 Å². The molecule has 1 heterocycles. The Bertz CT molecular complexity index is 259. The minimum absolute atomic E-state index is 0.0829. The molecule has 0 radical (unpaired) electrons. The van der Waals surface area contributed by atoms with Crippen LogP contribution in [0, 0.1) is 17.2 Å². The molecule has 1 rings (SSSR count). The number of nitriles is 1. The number of carboxylic acid groups (broad SMARTS) is 1. The predicted octanol–water partition coefficient (Wildman–Crippen LogP) is 0.948. The number of rotatable bonds is 2. The van der Waals surface area contributed by atoms with Crippen molar-refractivity contribution in [3.8, 4) is 6.07 Å². The van der Waals surface area contributed by atoms with Gasteiger partial charge < -0.3 is 9.84 Å². The molecule has 4 heteroatoms. The Hall–Kier alpha value is -1.34. The molecule has 13 heavy (non-hydrogen) atoms. The standard InChI is InChI=1S/C9H11NO3/c10-5-8(9(11)12)4-7-2-1-3-13-6-7/h4,7H,1-3,6H2,(H,11,12)/b8-4-. The highest BCUT2D eigenvalue weighted by Gasteiger charge is 2.14. The number of carbonyl (C=O) groups is 1. The van der Waals surface area contributed by atoms with E-state index >= 15 is 0 Å². The lowest BCUT2D eigenvalue weighted by atomic mass is 9.99. The van der Waals surface area contributed by atoms with Gasteiger partial charge in [0.05, 0.1) is 6.61 Å². The van der Waals surface area contributed by atoms with Crippen LogP contribution in [0.4, 0.5) is 0 Å². The first-order valence-corrected chi connectivity index (χ1v) is 4.17. The lowest BCUT2D eigenvalue weighted by Crippen LogP contribution is -2.16. The summed E-state index contributed by atoms with van der Waals surface area (Å²) >= 11 is 0. The van der Waals surface area contributed by atoms with E-state index in [2.05, 4.69) is 0 Å². The quantitative estimate of drug-likeness (QED) is 0.508. The van der Waals surface area contributed by atoms with Gasteiger partial charge in [-0.05, 0) is 12.8 Å². The number of hydrogen-bond acceptors (Lipinski definition) is 3. The van der Waals surface area contributed by atoms with Gasteiger partial charge in [-0.15, -0.1) is 0 Å². The summed E-state index contributed by atoms with van der Waals surface area (Å²) in [6.07, 6.45) is 3.32. The van der Waals surface area contributed by atoms with Gasteiger partial charge >= 0.3 is 5.97 Å². The van der Waals surface area contributed by atoms with E-state index in [1.54, 1.807) is 6.07 Å². The van der Waals surface area contributed by atoms with E-state index in [1.807, 2.05) is 0 Å². The van der Waals surface area contributed by atoms with E-state index < -0.39 is 5.97 Å². The summed E-state index contributed by atoms with van der Waals surface area (Å²) in [5, 5.41) is 17.1. The molecule has 0 spiro atoms. The lowest BCUT2D eigenvalue weighted by Gasteiger charge is -2.18. The Morgan fingerprint density at radius 2 is 2.46 bits per heavy atom. The summed E-state index contributed by atoms with van der Waals surface area (Å²) in [4.78, 5) is 10.5. The van der Waals surface area contributed by atoms with Crippen molar-refractivity contribution in [3.05, 3.63) is 11.6 Å². The molecule has 1 aliphatic heterocycles. The molecule has 0 aromatic heterocycles. The van der Waals surface area contributed by atoms with Crippen LogP contribution in [0.3, 0.4) is 0 Å². The van der Waals surface area contributed by atoms with Crippen molar-refractivity contribution in [3.63, 3.8) is 0 Å². The zero-order valence-corrected chi connectivity index (χ0v) is 7.19. The summed E-state index contributed by atoms with van der Waals surface area (Å²) in [7, 11) is 0. The fourth-order valence-electron chi connectivity index (χ4n) is 1.29. The van der Waals surface area contributed by atoms with Crippen LogP contribution >= 0.6 is 0 Å². The molecule has 70 valence electrons. The highest BCUT2D eigenvalue weighted by atomic mass is 16.5. The average molecular weight is 181 g/mol. The smallest absolute Gasteiger partial charge is 0.346 e. The first-order chi connectivity index (χ1) is 6.24. The highest BCUT2D eigenvalue weighted by Crippen LogP contribution is 2.16. The Morgan fingerprint density at radius 3 is 2.92 bits per heavy atom. The van der Waals surface area contributed by atoms with E-state index in [9.17, 15) is 4.79 Å². The van der Waals surface area contributed by atoms with Crippen LogP contribution in [0.15, 0.2) is 11.6 Å². The Balaban J connectivity index is 2.61. The van der Waals surface area contributed by atoms with E-state index in [1.165, 1.54) is 6.08 Å². The SMILES string of the molecule is N#C/C(=C/C1CCCOC1)C(=O)O. The topological polar surface area (TPSA) is 70.3 Å². The van der Waals surface area contributed by atoms with Crippen molar-refractivity contribution in [2.45, 2.75) is 12.8 Å². The second kappa shape index (κ2) is 4.63. The Labute approximate surface area is 76.4 Å². The molecule has 1 N–H and O–H groups in total. The third kappa shape index (κ3) is 2.88. The molecule has 0 aromatic carbocycles. The summed E-state index contributed by atoms with van der Waals surface area (Å²) in [5.74, 6) is -1.08. The zero-order valence-electron chi connectivity index (χ0n) is 7.19. The molecule has 1 atom stereocenters. The second-order valence-electron chi connectivity index (χ2n) is 2.97. The molecule has 0 amide bonds. The first kappa shape index (κ1) is 9.75. The number of carboxylic acids is 1. The third-order valence-electron chi connectivity index (χ3n) is 1.95. The fourth-order valence-corrected chi connectivity index (χ4v) is 1.29. The molecule has 0 bridgehead atoms. The van der Waals surface area contributed by atoms with Gasteiger partial charge in [-0.1, -0.05) is 6.08 Å². The molecule has 1 aliphatic rings. The third-order valence-corrected chi connectivity index (χ3v) is 1.95. The predicted molar refractivity (Wildman–Crippen MR) is 44.9 cm³/mol. The molecule has 4 nitrogen and oxygen atoms in total. The van der Waals surface area contributed by atoms with E-state index in [0.717, 1.165) is 19.4 Å². The Kier molecular flexibility index (Phi) is 3.47. The van der Waals surface area contributed by atoms with Crippen molar-refractivity contribution >= 4 is 5.97 Å². The van der Waals surface area contributed by atoms with E-state index in [4.69, 9.17) is 15.1 Å². The molecular weight excluding hydrogens is 170 g/mol. The Morgan fingerprint density at radius 1 is 1.69 bits per heavy atom. The maximum absolute atomic E-state index is 10.5. The van der Waals surface area contributed by atoms with Gasteiger partial charge in [0.1, 0.15) is 11.6 Å². The lowest BCUT2D eigenvalue weighted by molar-refractivity contribution is -0.132. The first-order valence-electron chi connectivity index (χ1n) is 4.17. The van der Waals surface area contributed by atoms with Gasteiger partial charge in [0, 0.05) is 12.5 Å². The summed E-state index contributed by atoms with van der Waals surface area (Å²) in [6, 6.07) is 1.65. The molecule has 0 saturated carbocycles. The molecule has 1 saturated heterocycles. The van der Waals surface area contributed by atoms with Crippen molar-refractivity contribution in [2.75, 3.05) is 13.2 Å². The minimum atomic E-state index is -1.16. The van der Waals surface area contributed by atoms with Crippen LogP contribution in [0.2, 0.25) is 0 Å². The summed E-state index contributed by atoms with van der Waals surface area (Å²) in [5.41, 5.74) is -0.185. The minimum Gasteiger partial charge on any atom is -0.477 e. The molecule has 1 fully saturated rings. The maximum Gasteiger partial charge on any atom is 0.346 e. The van der Waals surface area contributed by atoms with Gasteiger partial charge in [-0.3, -0.25) is 0 Å². The van der Waals surface area contributed by atoms with Gasteiger partial charge in [0.25, 0.3) is 0 Å². The van der Waals surface area contributed by atoms with Crippen molar-refractivity contribution in [1.82, 2.24) is 0 Å². The van der Waals surface area contributed by atoms with E-state index in [0.29, 0.717) is 6.61 Å². The van der Waals surface area contributed by atoms with Crippen molar-refractivity contribution in [1.29, 1.82) is 5.26 Å². The fraction of sp³-hybridized carbons (Fsp3) is 0.556. The maximum atomic E-state index is 10.5. The largest absolute Gasteiger partial charge is 0.477 e. The summed E-state index contributed by atoms with van der Waals surface area (Å²) in [6.45, 7) is 1.26. The van der Waals surface area contributed by atoms with E-state index in [-0.39, 0.29) is 11.5 Å². The molecular formula is C9H11NO3.